The van der Waals surface area contributed by atoms with Crippen molar-refractivity contribution in [3.63, 3.8) is 0 Å². The Kier molecular flexibility index (Phi) is 8.24. The monoisotopic (exact) mass is 348 g/mol. The Morgan fingerprint density at radius 2 is 1.46 bits per heavy atom. The molecule has 0 aliphatic carbocycles. The van der Waals surface area contributed by atoms with Gasteiger partial charge in [-0.05, 0) is 44.4 Å². The van der Waals surface area contributed by atoms with Gasteiger partial charge in [-0.2, -0.15) is 0 Å². The van der Waals surface area contributed by atoms with E-state index in [-0.39, 0.29) is 0 Å². The number of benzene rings is 2. The Morgan fingerprint density at radius 1 is 0.792 bits per heavy atom. The van der Waals surface area contributed by atoms with Crippen LogP contribution in [0, 0.1) is 6.92 Å². The number of hydrogen-bond acceptors (Lipinski definition) is 2. The van der Waals surface area contributed by atoms with Crippen LogP contribution in [0.15, 0.2) is 30.3 Å². The fraction of sp³-hybridized carbons (Fsp3) is 0.524. The molecule has 2 aromatic carbocycles. The molecule has 0 amide bonds. The lowest BCUT2D eigenvalue weighted by Gasteiger charge is -2.14. The van der Waals surface area contributed by atoms with Crippen LogP contribution in [0.1, 0.15) is 51.0 Å². The Bertz CT molecular complexity index is 625. The van der Waals surface area contributed by atoms with Gasteiger partial charge in [0.15, 0.2) is 0 Å². The molecule has 0 unspecified atom stereocenters. The van der Waals surface area contributed by atoms with Gasteiger partial charge in [0.2, 0.25) is 0 Å². The predicted molar refractivity (Wildman–Crippen MR) is 104 cm³/mol. The lowest BCUT2D eigenvalue weighted by Crippen LogP contribution is -2.00. The van der Waals surface area contributed by atoms with Crippen molar-refractivity contribution in [3.8, 4) is 11.5 Å². The summed E-state index contributed by atoms with van der Waals surface area (Å²) in [6.45, 7) is 5.80. The number of unbranched alkanes of at least 4 members (excludes halogenated alkanes) is 4. The van der Waals surface area contributed by atoms with Gasteiger partial charge in [0, 0.05) is 16.7 Å². The highest BCUT2D eigenvalue weighted by atomic mass is 35.5. The first kappa shape index (κ1) is 18.9. The average molecular weight is 349 g/mol. The Balaban J connectivity index is 2.07. The largest absolute Gasteiger partial charge is 0.493 e. The summed E-state index contributed by atoms with van der Waals surface area (Å²) in [5.74, 6) is 2.66. The fourth-order valence-electron chi connectivity index (χ4n) is 2.72. The molecule has 2 rings (SSSR count). The third-order valence-corrected chi connectivity index (χ3v) is 4.40. The van der Waals surface area contributed by atoms with Crippen LogP contribution in [0.2, 0.25) is 0 Å². The van der Waals surface area contributed by atoms with Gasteiger partial charge in [0.1, 0.15) is 11.5 Å². The van der Waals surface area contributed by atoms with Gasteiger partial charge in [-0.15, -0.1) is 11.6 Å². The molecule has 0 saturated heterocycles. The van der Waals surface area contributed by atoms with E-state index in [1.165, 1.54) is 18.4 Å². The molecular formula is C21H29ClO2. The van der Waals surface area contributed by atoms with Gasteiger partial charge >= 0.3 is 0 Å². The van der Waals surface area contributed by atoms with Crippen LogP contribution in [0.3, 0.4) is 0 Å². The zero-order valence-corrected chi connectivity index (χ0v) is 15.7. The van der Waals surface area contributed by atoms with E-state index < -0.39 is 0 Å². The van der Waals surface area contributed by atoms with Crippen LogP contribution in [0.25, 0.3) is 10.8 Å². The first-order valence-corrected chi connectivity index (χ1v) is 9.64. The van der Waals surface area contributed by atoms with Crippen molar-refractivity contribution < 1.29 is 9.47 Å². The van der Waals surface area contributed by atoms with Gasteiger partial charge in [-0.25, -0.2) is 0 Å². The van der Waals surface area contributed by atoms with E-state index in [0.29, 0.717) is 0 Å². The number of aryl methyl sites for hydroxylation is 1. The molecule has 0 N–H and O–H groups in total. The molecule has 0 saturated carbocycles. The standard InChI is InChI=1S/C21H29ClO2/c1-3-4-14-23-20-11-12-21(24-15-8-6-5-7-13-22)19-16-17(2)9-10-18(19)20/h9-12,16H,3-8,13-15H2,1-2H3. The summed E-state index contributed by atoms with van der Waals surface area (Å²) >= 11 is 5.71. The summed E-state index contributed by atoms with van der Waals surface area (Å²) in [4.78, 5) is 0. The predicted octanol–water partition coefficient (Wildman–Crippen LogP) is 6.51. The number of fused-ring (bicyclic) bond motifs is 1. The second-order valence-electron chi connectivity index (χ2n) is 6.26. The number of rotatable bonds is 11. The summed E-state index contributed by atoms with van der Waals surface area (Å²) in [6, 6.07) is 10.5. The fourth-order valence-corrected chi connectivity index (χ4v) is 2.91. The van der Waals surface area contributed by atoms with Gasteiger partial charge in [0.25, 0.3) is 0 Å². The maximum absolute atomic E-state index is 6.05. The summed E-state index contributed by atoms with van der Waals surface area (Å²) in [7, 11) is 0. The molecule has 0 heterocycles. The second-order valence-corrected chi connectivity index (χ2v) is 6.64. The van der Waals surface area contributed by atoms with Crippen molar-refractivity contribution >= 4 is 22.4 Å². The molecule has 2 aromatic rings. The van der Waals surface area contributed by atoms with Crippen LogP contribution < -0.4 is 9.47 Å². The molecule has 0 spiro atoms. The molecule has 0 aliphatic rings. The highest BCUT2D eigenvalue weighted by Crippen LogP contribution is 2.34. The Morgan fingerprint density at radius 3 is 2.17 bits per heavy atom. The van der Waals surface area contributed by atoms with E-state index in [9.17, 15) is 0 Å². The number of halogens is 1. The zero-order chi connectivity index (χ0) is 17.2. The number of ether oxygens (including phenoxy) is 2. The first-order chi connectivity index (χ1) is 11.8. The maximum Gasteiger partial charge on any atom is 0.127 e. The van der Waals surface area contributed by atoms with Gasteiger partial charge in [0.05, 0.1) is 13.2 Å². The SMILES string of the molecule is CCCCOc1ccc(OCCCCCCCl)c2cc(C)ccc12. The third-order valence-electron chi connectivity index (χ3n) is 4.13. The maximum atomic E-state index is 6.05. The van der Waals surface area contributed by atoms with Gasteiger partial charge in [-0.3, -0.25) is 0 Å². The Hall–Kier alpha value is -1.41. The van der Waals surface area contributed by atoms with Crippen LogP contribution in [-0.4, -0.2) is 19.1 Å². The van der Waals surface area contributed by atoms with Crippen molar-refractivity contribution in [2.45, 2.75) is 52.4 Å². The summed E-state index contributed by atoms with van der Waals surface area (Å²) in [6.07, 6.45) is 6.72. The summed E-state index contributed by atoms with van der Waals surface area (Å²) < 4.78 is 12.0. The lowest BCUT2D eigenvalue weighted by molar-refractivity contribution is 0.304. The van der Waals surface area contributed by atoms with Crippen molar-refractivity contribution in [2.75, 3.05) is 19.1 Å². The van der Waals surface area contributed by atoms with Crippen molar-refractivity contribution in [3.05, 3.63) is 35.9 Å². The molecule has 0 aliphatic heterocycles. The van der Waals surface area contributed by atoms with E-state index in [2.05, 4.69) is 32.0 Å². The van der Waals surface area contributed by atoms with Gasteiger partial charge < -0.3 is 9.47 Å². The van der Waals surface area contributed by atoms with Crippen molar-refractivity contribution in [1.29, 1.82) is 0 Å². The van der Waals surface area contributed by atoms with Crippen molar-refractivity contribution in [2.24, 2.45) is 0 Å². The van der Waals surface area contributed by atoms with Crippen LogP contribution in [0.4, 0.5) is 0 Å². The van der Waals surface area contributed by atoms with E-state index >= 15 is 0 Å². The second kappa shape index (κ2) is 10.5. The Labute approximate surface area is 151 Å². The molecular weight excluding hydrogens is 320 g/mol. The summed E-state index contributed by atoms with van der Waals surface area (Å²) in [5, 5.41) is 2.28. The molecule has 0 radical (unpaired) electrons. The molecule has 0 aromatic heterocycles. The number of hydrogen-bond donors (Lipinski definition) is 0. The van der Waals surface area contributed by atoms with Crippen LogP contribution in [-0.2, 0) is 0 Å². The van der Waals surface area contributed by atoms with E-state index in [1.54, 1.807) is 0 Å². The van der Waals surface area contributed by atoms with Crippen LogP contribution >= 0.6 is 11.6 Å². The molecule has 0 atom stereocenters. The van der Waals surface area contributed by atoms with Gasteiger partial charge in [-0.1, -0.05) is 43.9 Å². The minimum absolute atomic E-state index is 0.751. The molecule has 3 heteroatoms. The minimum Gasteiger partial charge on any atom is -0.493 e. The number of alkyl halides is 1. The molecule has 0 fully saturated rings. The molecule has 2 nitrogen and oxygen atoms in total. The third kappa shape index (κ3) is 5.59. The average Bonchev–Trinajstić information content (AvgIpc) is 2.59. The smallest absolute Gasteiger partial charge is 0.127 e. The quantitative estimate of drug-likeness (QED) is 0.340. The van der Waals surface area contributed by atoms with E-state index in [4.69, 9.17) is 21.1 Å². The summed E-state index contributed by atoms with van der Waals surface area (Å²) in [5.41, 5.74) is 1.24. The van der Waals surface area contributed by atoms with Crippen LogP contribution in [0.5, 0.6) is 11.5 Å². The normalized spacial score (nSPS) is 11.0. The molecule has 24 heavy (non-hydrogen) atoms. The lowest BCUT2D eigenvalue weighted by atomic mass is 10.1. The zero-order valence-electron chi connectivity index (χ0n) is 14.9. The highest BCUT2D eigenvalue weighted by Gasteiger charge is 2.08. The topological polar surface area (TPSA) is 18.5 Å². The van der Waals surface area contributed by atoms with E-state index in [1.807, 2.05) is 12.1 Å². The van der Waals surface area contributed by atoms with Crippen molar-refractivity contribution in [1.82, 2.24) is 0 Å². The minimum atomic E-state index is 0.751. The highest BCUT2D eigenvalue weighted by molar-refractivity contribution is 6.17. The first-order valence-electron chi connectivity index (χ1n) is 9.11. The molecule has 0 bridgehead atoms. The molecule has 132 valence electrons. The van der Waals surface area contributed by atoms with E-state index in [0.717, 1.165) is 67.0 Å².